The molecule has 28 heavy (non-hydrogen) atoms. The van der Waals surface area contributed by atoms with Gasteiger partial charge < -0.3 is 21.1 Å². The van der Waals surface area contributed by atoms with Crippen molar-refractivity contribution in [2.45, 2.75) is 6.18 Å². The Labute approximate surface area is 164 Å². The highest BCUT2D eigenvalue weighted by Crippen LogP contribution is 2.36. The van der Waals surface area contributed by atoms with Gasteiger partial charge in [0.15, 0.2) is 11.6 Å². The minimum atomic E-state index is -4.49. The van der Waals surface area contributed by atoms with Crippen molar-refractivity contribution < 1.29 is 18.3 Å². The van der Waals surface area contributed by atoms with Crippen molar-refractivity contribution in [3.63, 3.8) is 0 Å². The fourth-order valence-corrected chi connectivity index (χ4v) is 3.15. The highest BCUT2D eigenvalue weighted by molar-refractivity contribution is 6.33. The number of halogens is 4. The summed E-state index contributed by atoms with van der Waals surface area (Å²) in [7, 11) is 0. The van der Waals surface area contributed by atoms with Gasteiger partial charge in [0.25, 0.3) is 0 Å². The van der Waals surface area contributed by atoms with Gasteiger partial charge in [-0.3, -0.25) is 4.90 Å². The van der Waals surface area contributed by atoms with Gasteiger partial charge in [0.2, 0.25) is 0 Å². The zero-order chi connectivity index (χ0) is 20.3. The SMILES string of the molecule is Nc1c(Nc2cc(C(F)(F)F)ccc2Cl)ncnc1N1CCN(CCO)CC1. The minimum absolute atomic E-state index is 0.0561. The summed E-state index contributed by atoms with van der Waals surface area (Å²) in [4.78, 5) is 12.4. The average molecular weight is 417 g/mol. The summed E-state index contributed by atoms with van der Waals surface area (Å²) in [6, 6.07) is 3.00. The van der Waals surface area contributed by atoms with Gasteiger partial charge in [0, 0.05) is 32.7 Å². The number of piperazine rings is 1. The molecular formula is C17H20ClF3N6O. The summed E-state index contributed by atoms with van der Waals surface area (Å²) < 4.78 is 38.9. The van der Waals surface area contributed by atoms with Gasteiger partial charge in [-0.2, -0.15) is 13.2 Å². The van der Waals surface area contributed by atoms with Crippen molar-refractivity contribution in [3.8, 4) is 0 Å². The van der Waals surface area contributed by atoms with Gasteiger partial charge in [-0.05, 0) is 18.2 Å². The molecule has 152 valence electrons. The van der Waals surface area contributed by atoms with Crippen molar-refractivity contribution in [2.24, 2.45) is 0 Å². The second-order valence-electron chi connectivity index (χ2n) is 6.33. The number of aliphatic hydroxyl groups excluding tert-OH is 1. The van der Waals surface area contributed by atoms with Crippen LogP contribution in [0.3, 0.4) is 0 Å². The molecule has 1 fully saturated rings. The highest BCUT2D eigenvalue weighted by atomic mass is 35.5. The van der Waals surface area contributed by atoms with E-state index in [1.165, 1.54) is 12.4 Å². The molecule has 1 aromatic carbocycles. The molecule has 0 spiro atoms. The van der Waals surface area contributed by atoms with Gasteiger partial charge in [-0.1, -0.05) is 11.6 Å². The highest BCUT2D eigenvalue weighted by Gasteiger charge is 2.31. The lowest BCUT2D eigenvalue weighted by atomic mass is 10.2. The molecule has 0 unspecified atom stereocenters. The number of β-amino-alcohol motifs (C(OH)–C–C–N with tert-alkyl or cyclic N) is 1. The number of nitrogen functional groups attached to an aromatic ring is 1. The molecule has 1 aliphatic heterocycles. The van der Waals surface area contributed by atoms with Gasteiger partial charge in [-0.25, -0.2) is 9.97 Å². The Balaban J connectivity index is 1.81. The van der Waals surface area contributed by atoms with Crippen LogP contribution < -0.4 is 16.0 Å². The van der Waals surface area contributed by atoms with Crippen LogP contribution in [0, 0.1) is 0 Å². The molecule has 0 aliphatic carbocycles. The maximum atomic E-state index is 13.0. The summed E-state index contributed by atoms with van der Waals surface area (Å²) in [6.07, 6.45) is -3.19. The van der Waals surface area contributed by atoms with Crippen molar-refractivity contribution in [2.75, 3.05) is 55.3 Å². The summed E-state index contributed by atoms with van der Waals surface area (Å²) >= 11 is 6.03. The van der Waals surface area contributed by atoms with Crippen LogP contribution in [0.2, 0.25) is 5.02 Å². The number of benzene rings is 1. The second-order valence-corrected chi connectivity index (χ2v) is 6.74. The van der Waals surface area contributed by atoms with Crippen LogP contribution in [0.1, 0.15) is 5.56 Å². The molecule has 0 radical (unpaired) electrons. The van der Waals surface area contributed by atoms with Crippen LogP contribution in [0.25, 0.3) is 0 Å². The number of hydrogen-bond donors (Lipinski definition) is 3. The third kappa shape index (κ3) is 4.57. The quantitative estimate of drug-likeness (QED) is 0.690. The largest absolute Gasteiger partial charge is 0.416 e. The average Bonchev–Trinajstić information content (AvgIpc) is 2.65. The predicted molar refractivity (Wildman–Crippen MR) is 102 cm³/mol. The zero-order valence-electron chi connectivity index (χ0n) is 14.9. The van der Waals surface area contributed by atoms with Crippen LogP contribution in [0.5, 0.6) is 0 Å². The molecule has 1 aliphatic rings. The Bertz CT molecular complexity index is 827. The fourth-order valence-electron chi connectivity index (χ4n) is 2.99. The van der Waals surface area contributed by atoms with E-state index in [9.17, 15) is 13.2 Å². The van der Waals surface area contributed by atoms with Gasteiger partial charge in [-0.15, -0.1) is 0 Å². The number of nitrogens with one attached hydrogen (secondary N) is 1. The molecule has 0 atom stereocenters. The van der Waals surface area contributed by atoms with E-state index in [1.807, 2.05) is 4.90 Å². The molecule has 11 heteroatoms. The molecule has 4 N–H and O–H groups in total. The van der Waals surface area contributed by atoms with E-state index in [1.54, 1.807) is 0 Å². The van der Waals surface area contributed by atoms with Crippen molar-refractivity contribution in [3.05, 3.63) is 35.1 Å². The predicted octanol–water partition coefficient (Wildman–Crippen LogP) is 2.59. The van der Waals surface area contributed by atoms with E-state index in [0.717, 1.165) is 25.2 Å². The van der Waals surface area contributed by atoms with Gasteiger partial charge >= 0.3 is 6.18 Å². The normalized spacial score (nSPS) is 15.7. The Morgan fingerprint density at radius 3 is 2.54 bits per heavy atom. The van der Waals surface area contributed by atoms with Crippen LogP contribution >= 0.6 is 11.6 Å². The minimum Gasteiger partial charge on any atom is -0.395 e. The number of aromatic nitrogens is 2. The van der Waals surface area contributed by atoms with E-state index < -0.39 is 11.7 Å². The van der Waals surface area contributed by atoms with Gasteiger partial charge in [0.05, 0.1) is 22.9 Å². The fraction of sp³-hybridized carbons (Fsp3) is 0.412. The van der Waals surface area contributed by atoms with E-state index in [4.69, 9.17) is 22.4 Å². The molecular weight excluding hydrogens is 397 g/mol. The maximum Gasteiger partial charge on any atom is 0.416 e. The smallest absolute Gasteiger partial charge is 0.395 e. The number of anilines is 4. The molecule has 7 nitrogen and oxygen atoms in total. The Kier molecular flexibility index (Phi) is 6.11. The lowest BCUT2D eigenvalue weighted by Crippen LogP contribution is -2.47. The van der Waals surface area contributed by atoms with E-state index in [-0.39, 0.29) is 28.8 Å². The van der Waals surface area contributed by atoms with Crippen LogP contribution in [0.15, 0.2) is 24.5 Å². The van der Waals surface area contributed by atoms with Gasteiger partial charge in [0.1, 0.15) is 12.0 Å². The number of hydrogen-bond acceptors (Lipinski definition) is 7. The topological polar surface area (TPSA) is 90.5 Å². The molecule has 1 saturated heterocycles. The standard InChI is InChI=1S/C17H20ClF3N6O/c18-12-2-1-11(17(19,20)21)9-13(12)25-15-14(22)16(24-10-23-15)27-5-3-26(4-6-27)7-8-28/h1-2,9-10,28H,3-8,22H2,(H,23,24,25). The van der Waals surface area contributed by atoms with Crippen LogP contribution in [-0.2, 0) is 6.18 Å². The summed E-state index contributed by atoms with van der Waals surface area (Å²) in [6.45, 7) is 3.50. The summed E-state index contributed by atoms with van der Waals surface area (Å²) in [5.41, 5.74) is 5.64. The number of alkyl halides is 3. The van der Waals surface area contributed by atoms with Crippen molar-refractivity contribution >= 4 is 34.6 Å². The second kappa shape index (κ2) is 8.38. The number of nitrogens with zero attached hydrogens (tertiary/aromatic N) is 4. The lowest BCUT2D eigenvalue weighted by Gasteiger charge is -2.35. The first-order valence-electron chi connectivity index (χ1n) is 8.62. The monoisotopic (exact) mass is 416 g/mol. The van der Waals surface area contributed by atoms with Crippen LogP contribution in [0.4, 0.5) is 36.2 Å². The molecule has 0 amide bonds. The first kappa shape index (κ1) is 20.4. The molecule has 3 rings (SSSR count). The van der Waals surface area contributed by atoms with Crippen molar-refractivity contribution in [1.29, 1.82) is 0 Å². The zero-order valence-corrected chi connectivity index (χ0v) is 15.6. The third-order valence-electron chi connectivity index (χ3n) is 4.50. The molecule has 1 aromatic heterocycles. The molecule has 0 bridgehead atoms. The lowest BCUT2D eigenvalue weighted by molar-refractivity contribution is -0.137. The number of rotatable bonds is 5. The Morgan fingerprint density at radius 1 is 1.18 bits per heavy atom. The number of aliphatic hydroxyl groups is 1. The third-order valence-corrected chi connectivity index (χ3v) is 4.83. The summed E-state index contributed by atoms with van der Waals surface area (Å²) in [5.74, 6) is 0.688. The summed E-state index contributed by atoms with van der Waals surface area (Å²) in [5, 5.41) is 11.9. The van der Waals surface area contributed by atoms with E-state index >= 15 is 0 Å². The number of nitrogens with two attached hydrogens (primary N) is 1. The van der Waals surface area contributed by atoms with E-state index in [2.05, 4.69) is 20.2 Å². The Morgan fingerprint density at radius 2 is 1.89 bits per heavy atom. The molecule has 2 heterocycles. The Hall–Kier alpha value is -2.30. The first-order chi connectivity index (χ1) is 13.3. The molecule has 2 aromatic rings. The maximum absolute atomic E-state index is 13.0. The van der Waals surface area contributed by atoms with Crippen molar-refractivity contribution in [1.82, 2.24) is 14.9 Å². The van der Waals surface area contributed by atoms with Crippen LogP contribution in [-0.4, -0.2) is 59.3 Å². The molecule has 0 saturated carbocycles. The van der Waals surface area contributed by atoms with E-state index in [0.29, 0.717) is 25.5 Å². The first-order valence-corrected chi connectivity index (χ1v) is 9.00.